The maximum absolute atomic E-state index is 12.7. The topological polar surface area (TPSA) is 204 Å². The quantitative estimate of drug-likeness (QED) is 0.113. The van der Waals surface area contributed by atoms with Crippen LogP contribution in [0.1, 0.15) is 5.69 Å². The van der Waals surface area contributed by atoms with E-state index in [0.29, 0.717) is 4.91 Å². The van der Waals surface area contributed by atoms with Crippen LogP contribution < -0.4 is 16.6 Å². The minimum atomic E-state index is -1.32. The van der Waals surface area contributed by atoms with Gasteiger partial charge in [0.25, 0.3) is 17.4 Å². The first-order valence-electron chi connectivity index (χ1n) is 8.68. The van der Waals surface area contributed by atoms with Gasteiger partial charge in [-0.1, -0.05) is 16.9 Å². The number of thiazole rings is 1. The van der Waals surface area contributed by atoms with Crippen molar-refractivity contribution in [3.63, 3.8) is 0 Å². The van der Waals surface area contributed by atoms with E-state index in [0.717, 1.165) is 28.0 Å². The van der Waals surface area contributed by atoms with Crippen molar-refractivity contribution in [1.82, 2.24) is 25.2 Å². The third-order valence-corrected chi connectivity index (χ3v) is 7.54. The summed E-state index contributed by atoms with van der Waals surface area (Å²) >= 11 is 3.26. The van der Waals surface area contributed by atoms with Gasteiger partial charge in [0.1, 0.15) is 27.8 Å². The van der Waals surface area contributed by atoms with Crippen LogP contribution in [0.2, 0.25) is 0 Å². The number of carbonyl (C=O) groups excluding carboxylic acids is 2. The number of carboxylic acids is 1. The second-order valence-electron chi connectivity index (χ2n) is 6.31. The number of hydrogen-bond acceptors (Lipinski definition) is 12. The molecule has 2 atom stereocenters. The van der Waals surface area contributed by atoms with E-state index in [1.165, 1.54) is 29.5 Å². The van der Waals surface area contributed by atoms with E-state index in [-0.39, 0.29) is 27.3 Å². The predicted octanol–water partition coefficient (Wildman–Crippen LogP) is -0.525. The number of aliphatic carboxylic acids is 1. The Morgan fingerprint density at radius 2 is 2.19 bits per heavy atom. The van der Waals surface area contributed by atoms with Gasteiger partial charge in [0.2, 0.25) is 0 Å². The number of anilines is 1. The molecule has 4 heterocycles. The number of nitrogens with one attached hydrogen (secondary N) is 2. The van der Waals surface area contributed by atoms with Crippen LogP contribution in [0.5, 0.6) is 0 Å². The molecule has 1 saturated heterocycles. The second-order valence-corrected chi connectivity index (χ2v) is 9.42. The highest BCUT2D eigenvalue weighted by Gasteiger charge is 2.54. The third-order valence-electron chi connectivity index (χ3n) is 4.38. The molecule has 166 valence electrons. The van der Waals surface area contributed by atoms with Gasteiger partial charge in [0.05, 0.1) is 6.33 Å². The number of carboxylic acid groups (broad SMARTS) is 1. The van der Waals surface area contributed by atoms with Crippen LogP contribution in [0.15, 0.2) is 43.4 Å². The summed E-state index contributed by atoms with van der Waals surface area (Å²) in [7, 11) is 0. The molecule has 2 aliphatic rings. The highest BCUT2D eigenvalue weighted by Crippen LogP contribution is 2.44. The molecular formula is C16H13N7O6S3. The minimum Gasteiger partial charge on any atom is -0.477 e. The molecule has 2 amide bonds. The van der Waals surface area contributed by atoms with Crippen LogP contribution in [0.3, 0.4) is 0 Å². The number of nitrogens with two attached hydrogens (primary N) is 1. The Kier molecular flexibility index (Phi) is 5.90. The number of rotatable bonds is 6. The van der Waals surface area contributed by atoms with E-state index in [2.05, 4.69) is 25.4 Å². The summed E-state index contributed by atoms with van der Waals surface area (Å²) < 4.78 is 0. The number of hydrogen-bond donors (Lipinski definition) is 5. The van der Waals surface area contributed by atoms with E-state index in [1.54, 1.807) is 0 Å². The highest BCUT2D eigenvalue weighted by molar-refractivity contribution is 8.06. The van der Waals surface area contributed by atoms with Crippen LogP contribution in [0.25, 0.3) is 0 Å². The third kappa shape index (κ3) is 3.94. The number of nitrogen functional groups attached to an aromatic ring is 1. The summed E-state index contributed by atoms with van der Waals surface area (Å²) in [6.07, 6.45) is 1.20. The molecule has 0 spiro atoms. The first kappa shape index (κ1) is 21.8. The van der Waals surface area contributed by atoms with Crippen molar-refractivity contribution in [2.45, 2.75) is 16.4 Å². The van der Waals surface area contributed by atoms with Gasteiger partial charge in [-0.25, -0.2) is 14.8 Å². The highest BCUT2D eigenvalue weighted by atomic mass is 32.2. The van der Waals surface area contributed by atoms with Gasteiger partial charge >= 0.3 is 5.97 Å². The summed E-state index contributed by atoms with van der Waals surface area (Å²) in [5.41, 5.74) is 4.52. The number of oxime groups is 1. The molecule has 0 saturated carbocycles. The summed E-state index contributed by atoms with van der Waals surface area (Å²) in [4.78, 5) is 60.3. The number of nitrogens with zero attached hydrogens (tertiary/aromatic N) is 4. The molecule has 0 aliphatic carbocycles. The van der Waals surface area contributed by atoms with Crippen LogP contribution in [0.4, 0.5) is 5.13 Å². The molecule has 2 aromatic rings. The monoisotopic (exact) mass is 495 g/mol. The number of fused-ring (bicyclic) bond motifs is 1. The van der Waals surface area contributed by atoms with Gasteiger partial charge in [-0.2, -0.15) is 0 Å². The lowest BCUT2D eigenvalue weighted by molar-refractivity contribution is -0.150. The molecule has 16 heteroatoms. The largest absolute Gasteiger partial charge is 0.477 e. The maximum Gasteiger partial charge on any atom is 0.353 e. The predicted molar refractivity (Wildman–Crippen MR) is 115 cm³/mol. The number of aromatic amines is 1. The SMILES string of the molecule is Nc1nc(/C(=N/O)C(=O)NC2C(=O)N3C(C(=O)O)=C(Sc4cc(=O)[nH]cn4)CSC23)cs1. The van der Waals surface area contributed by atoms with Gasteiger partial charge in [-0.15, -0.1) is 23.1 Å². The lowest BCUT2D eigenvalue weighted by atomic mass is 10.0. The molecule has 2 aromatic heterocycles. The maximum atomic E-state index is 12.7. The van der Waals surface area contributed by atoms with Crippen molar-refractivity contribution >= 4 is 63.5 Å². The molecule has 0 bridgehead atoms. The normalized spacial score (nSPS) is 20.6. The molecule has 0 radical (unpaired) electrons. The zero-order valence-electron chi connectivity index (χ0n) is 15.7. The van der Waals surface area contributed by atoms with Crippen molar-refractivity contribution in [3.8, 4) is 0 Å². The molecule has 4 rings (SSSR count). The van der Waals surface area contributed by atoms with Gasteiger partial charge < -0.3 is 26.3 Å². The first-order valence-corrected chi connectivity index (χ1v) is 11.4. The van der Waals surface area contributed by atoms with Gasteiger partial charge in [-0.05, 0) is 0 Å². The van der Waals surface area contributed by atoms with Crippen LogP contribution >= 0.6 is 34.9 Å². The standard InChI is InChI=1S/C16H13N7O6S3/c17-16-20-5(2-31-16)9(22-29)12(25)21-10-13(26)23-11(15(27)28)6(3-30-14(10)23)32-8-1-7(24)18-4-19-8/h1-2,4,10,14,29H,3H2,(H2,17,20)(H,21,25)(H,27,28)(H,18,19,24)/b22-9-. The molecule has 32 heavy (non-hydrogen) atoms. The zero-order valence-corrected chi connectivity index (χ0v) is 18.2. The van der Waals surface area contributed by atoms with Crippen molar-refractivity contribution in [2.24, 2.45) is 5.16 Å². The van der Waals surface area contributed by atoms with Gasteiger partial charge in [0, 0.05) is 22.1 Å². The van der Waals surface area contributed by atoms with E-state index >= 15 is 0 Å². The number of H-pyrrole nitrogens is 1. The smallest absolute Gasteiger partial charge is 0.353 e. The van der Waals surface area contributed by atoms with E-state index < -0.39 is 40.5 Å². The fourth-order valence-electron chi connectivity index (χ4n) is 3.02. The van der Waals surface area contributed by atoms with Crippen molar-refractivity contribution in [3.05, 3.63) is 44.4 Å². The molecular weight excluding hydrogens is 482 g/mol. The van der Waals surface area contributed by atoms with Gasteiger partial charge in [0.15, 0.2) is 10.8 Å². The average Bonchev–Trinajstić information content (AvgIpc) is 3.17. The lowest BCUT2D eigenvalue weighted by Crippen LogP contribution is -2.71. The Balaban J connectivity index is 1.53. The molecule has 13 nitrogen and oxygen atoms in total. The summed E-state index contributed by atoms with van der Waals surface area (Å²) in [5.74, 6) is -2.60. The zero-order chi connectivity index (χ0) is 23.0. The Labute approximate surface area is 190 Å². The fourth-order valence-corrected chi connectivity index (χ4v) is 6.01. The van der Waals surface area contributed by atoms with Crippen LogP contribution in [-0.4, -0.2) is 70.8 Å². The van der Waals surface area contributed by atoms with Crippen LogP contribution in [0, 0.1) is 0 Å². The Morgan fingerprint density at radius 3 is 2.81 bits per heavy atom. The first-order chi connectivity index (χ1) is 15.3. The minimum absolute atomic E-state index is 0.0441. The molecule has 2 aliphatic heterocycles. The Hall–Kier alpha value is -3.37. The average molecular weight is 496 g/mol. The molecule has 1 fully saturated rings. The summed E-state index contributed by atoms with van der Waals surface area (Å²) in [6.45, 7) is 0. The van der Waals surface area contributed by atoms with E-state index in [1.807, 2.05) is 0 Å². The number of amides is 2. The van der Waals surface area contributed by atoms with Crippen molar-refractivity contribution in [1.29, 1.82) is 0 Å². The lowest BCUT2D eigenvalue weighted by Gasteiger charge is -2.49. The van der Waals surface area contributed by atoms with Gasteiger partial charge in [-0.3, -0.25) is 19.3 Å². The summed E-state index contributed by atoms with van der Waals surface area (Å²) in [5, 5.41) is 25.5. The fraction of sp³-hybridized carbons (Fsp3) is 0.188. The Bertz CT molecular complexity index is 1240. The number of β-lactam (4-membered cyclic amide) rings is 1. The number of aromatic nitrogens is 3. The summed E-state index contributed by atoms with van der Waals surface area (Å²) in [6, 6.07) is 0.189. The van der Waals surface area contributed by atoms with Crippen molar-refractivity contribution < 1.29 is 24.7 Å². The van der Waals surface area contributed by atoms with E-state index in [4.69, 9.17) is 5.73 Å². The Morgan fingerprint density at radius 1 is 1.41 bits per heavy atom. The molecule has 2 unspecified atom stereocenters. The van der Waals surface area contributed by atoms with E-state index in [9.17, 15) is 29.5 Å². The van der Waals surface area contributed by atoms with Crippen molar-refractivity contribution in [2.75, 3.05) is 11.5 Å². The second kappa shape index (κ2) is 8.64. The number of thioether (sulfide) groups is 2. The molecule has 6 N–H and O–H groups in total. The number of carbonyl (C=O) groups is 3. The van der Waals surface area contributed by atoms with Crippen LogP contribution in [-0.2, 0) is 14.4 Å². The molecule has 0 aromatic carbocycles.